The zero-order chi connectivity index (χ0) is 9.03. The van der Waals surface area contributed by atoms with Gasteiger partial charge in [0.05, 0.1) is 0 Å². The average molecular weight is 180 g/mol. The Morgan fingerprint density at radius 2 is 2.00 bits per heavy atom. The van der Waals surface area contributed by atoms with E-state index in [4.69, 9.17) is 0 Å². The Balaban J connectivity index is 3.12. The van der Waals surface area contributed by atoms with Gasteiger partial charge in [-0.25, -0.2) is 0 Å². The van der Waals surface area contributed by atoms with Crippen molar-refractivity contribution < 1.29 is 4.57 Å². The highest BCUT2D eigenvalue weighted by molar-refractivity contribution is 7.74. The molecule has 1 aromatic carbocycles. The lowest BCUT2D eigenvalue weighted by Gasteiger charge is -2.10. The van der Waals surface area contributed by atoms with Crippen LogP contribution in [0.1, 0.15) is 6.92 Å². The third-order valence-corrected chi connectivity index (χ3v) is 4.66. The molecule has 0 aliphatic heterocycles. The highest BCUT2D eigenvalue weighted by Gasteiger charge is 2.16. The van der Waals surface area contributed by atoms with Crippen LogP contribution in [0.25, 0.3) is 0 Å². The van der Waals surface area contributed by atoms with Crippen LogP contribution in [0.2, 0.25) is 0 Å². The maximum absolute atomic E-state index is 12.0. The molecule has 12 heavy (non-hydrogen) atoms. The molecule has 0 saturated carbocycles. The molecule has 1 nitrogen and oxygen atoms in total. The summed E-state index contributed by atoms with van der Waals surface area (Å²) in [5, 5.41) is 0.905. The summed E-state index contributed by atoms with van der Waals surface area (Å²) >= 11 is 0. The molecule has 0 unspecified atom stereocenters. The molecule has 0 aliphatic carbocycles. The molecule has 0 aromatic heterocycles. The second-order valence-corrected chi connectivity index (χ2v) is 5.74. The van der Waals surface area contributed by atoms with Crippen molar-refractivity contribution in [3.63, 3.8) is 0 Å². The van der Waals surface area contributed by atoms with Crippen molar-refractivity contribution in [2.24, 2.45) is 0 Å². The summed E-state index contributed by atoms with van der Waals surface area (Å²) < 4.78 is 12.0. The van der Waals surface area contributed by atoms with Gasteiger partial charge < -0.3 is 4.57 Å². The first-order chi connectivity index (χ1) is 5.73. The molecule has 0 aliphatic rings. The number of rotatable bonds is 3. The lowest BCUT2D eigenvalue weighted by atomic mass is 10.4. The maximum Gasteiger partial charge on any atom is 0.135 e. The largest absolute Gasteiger partial charge is 0.314 e. The van der Waals surface area contributed by atoms with Gasteiger partial charge in [0.25, 0.3) is 0 Å². The van der Waals surface area contributed by atoms with Gasteiger partial charge in [-0.2, -0.15) is 0 Å². The summed E-state index contributed by atoms with van der Waals surface area (Å²) in [6.45, 7) is 5.54. The summed E-state index contributed by atoms with van der Waals surface area (Å²) in [6, 6.07) is 9.52. The van der Waals surface area contributed by atoms with Crippen LogP contribution in [0.3, 0.4) is 0 Å². The van der Waals surface area contributed by atoms with Crippen LogP contribution in [0.5, 0.6) is 0 Å². The van der Waals surface area contributed by atoms with Crippen molar-refractivity contribution in [2.75, 3.05) is 6.16 Å². The van der Waals surface area contributed by atoms with E-state index in [0.29, 0.717) is 6.16 Å². The Hall–Kier alpha value is -0.810. The molecule has 2 heteroatoms. The van der Waals surface area contributed by atoms with Crippen molar-refractivity contribution in [1.29, 1.82) is 0 Å². The molecule has 0 heterocycles. The minimum Gasteiger partial charge on any atom is -0.314 e. The fourth-order valence-electron chi connectivity index (χ4n) is 1.10. The predicted octanol–water partition coefficient (Wildman–Crippen LogP) is 2.84. The third-order valence-electron chi connectivity index (χ3n) is 1.96. The van der Waals surface area contributed by atoms with Crippen LogP contribution < -0.4 is 5.30 Å². The molecular formula is C10H13OP. The van der Waals surface area contributed by atoms with Crippen LogP contribution in [0.15, 0.2) is 42.7 Å². The maximum atomic E-state index is 12.0. The van der Waals surface area contributed by atoms with E-state index in [1.54, 1.807) is 5.82 Å². The fraction of sp³-hybridized carbons (Fsp3) is 0.200. The Kier molecular flexibility index (Phi) is 2.88. The average Bonchev–Trinajstić information content (AvgIpc) is 2.18. The monoisotopic (exact) mass is 180 g/mol. The number of benzene rings is 1. The van der Waals surface area contributed by atoms with Gasteiger partial charge in [0.1, 0.15) is 7.14 Å². The van der Waals surface area contributed by atoms with Crippen LogP contribution >= 0.6 is 7.14 Å². The molecule has 0 radical (unpaired) electrons. The topological polar surface area (TPSA) is 17.1 Å². The Morgan fingerprint density at radius 3 is 2.42 bits per heavy atom. The van der Waals surface area contributed by atoms with Gasteiger partial charge in [0.15, 0.2) is 0 Å². The lowest BCUT2D eigenvalue weighted by molar-refractivity contribution is 0.587. The van der Waals surface area contributed by atoms with Gasteiger partial charge in [-0.1, -0.05) is 43.8 Å². The smallest absolute Gasteiger partial charge is 0.135 e. The van der Waals surface area contributed by atoms with E-state index in [1.165, 1.54) is 0 Å². The van der Waals surface area contributed by atoms with E-state index in [1.807, 2.05) is 37.3 Å². The molecule has 0 fully saturated rings. The minimum absolute atomic E-state index is 0.653. The quantitative estimate of drug-likeness (QED) is 0.653. The first kappa shape index (κ1) is 9.28. The van der Waals surface area contributed by atoms with E-state index in [9.17, 15) is 4.57 Å². The molecule has 1 rings (SSSR count). The Morgan fingerprint density at radius 1 is 1.42 bits per heavy atom. The van der Waals surface area contributed by atoms with E-state index in [0.717, 1.165) is 5.30 Å². The van der Waals surface area contributed by atoms with E-state index < -0.39 is 7.14 Å². The second-order valence-electron chi connectivity index (χ2n) is 2.63. The highest BCUT2D eigenvalue weighted by Crippen LogP contribution is 2.44. The van der Waals surface area contributed by atoms with Crippen LogP contribution in [-0.4, -0.2) is 6.16 Å². The number of hydrogen-bond donors (Lipinski definition) is 0. The zero-order valence-corrected chi connectivity index (χ0v) is 8.13. The van der Waals surface area contributed by atoms with Gasteiger partial charge in [-0.15, -0.1) is 0 Å². The molecule has 0 amide bonds. The van der Waals surface area contributed by atoms with Gasteiger partial charge in [-0.05, 0) is 5.82 Å². The highest BCUT2D eigenvalue weighted by atomic mass is 31.2. The van der Waals surface area contributed by atoms with E-state index in [-0.39, 0.29) is 0 Å². The molecule has 0 spiro atoms. The van der Waals surface area contributed by atoms with Crippen molar-refractivity contribution in [3.8, 4) is 0 Å². The SMILES string of the molecule is C=C[P@@](=O)(CC)c1ccccc1. The Bertz CT molecular complexity index is 303. The lowest BCUT2D eigenvalue weighted by Crippen LogP contribution is -2.03. The predicted molar refractivity (Wildman–Crippen MR) is 54.4 cm³/mol. The van der Waals surface area contributed by atoms with Crippen LogP contribution in [-0.2, 0) is 4.57 Å². The summed E-state index contributed by atoms with van der Waals surface area (Å²) in [5.41, 5.74) is 0. The van der Waals surface area contributed by atoms with E-state index in [2.05, 4.69) is 6.58 Å². The van der Waals surface area contributed by atoms with Crippen molar-refractivity contribution in [1.82, 2.24) is 0 Å². The molecule has 1 atom stereocenters. The first-order valence-corrected chi connectivity index (χ1v) is 5.97. The molecule has 0 bridgehead atoms. The summed E-state index contributed by atoms with van der Waals surface area (Å²) in [5.74, 6) is 1.59. The van der Waals surface area contributed by atoms with Gasteiger partial charge >= 0.3 is 0 Å². The van der Waals surface area contributed by atoms with Gasteiger partial charge in [0, 0.05) is 11.5 Å². The minimum atomic E-state index is -2.27. The fourth-order valence-corrected chi connectivity index (χ4v) is 2.61. The van der Waals surface area contributed by atoms with Crippen LogP contribution in [0, 0.1) is 0 Å². The van der Waals surface area contributed by atoms with E-state index >= 15 is 0 Å². The normalized spacial score (nSPS) is 15.1. The van der Waals surface area contributed by atoms with Crippen LogP contribution in [0.4, 0.5) is 0 Å². The second kappa shape index (κ2) is 3.73. The van der Waals surface area contributed by atoms with Crippen molar-refractivity contribution in [3.05, 3.63) is 42.7 Å². The summed E-state index contributed by atoms with van der Waals surface area (Å²) in [6.07, 6.45) is 0.653. The third kappa shape index (κ3) is 1.67. The van der Waals surface area contributed by atoms with Crippen molar-refractivity contribution >= 4 is 12.4 Å². The molecule has 0 N–H and O–H groups in total. The van der Waals surface area contributed by atoms with Crippen molar-refractivity contribution in [2.45, 2.75) is 6.92 Å². The molecular weight excluding hydrogens is 167 g/mol. The number of hydrogen-bond acceptors (Lipinski definition) is 1. The molecule has 1 aromatic rings. The Labute approximate surface area is 73.5 Å². The molecule has 64 valence electrons. The molecule has 0 saturated heterocycles. The van der Waals surface area contributed by atoms with Gasteiger partial charge in [0.2, 0.25) is 0 Å². The summed E-state index contributed by atoms with van der Waals surface area (Å²) in [4.78, 5) is 0. The first-order valence-electron chi connectivity index (χ1n) is 4.01. The zero-order valence-electron chi connectivity index (χ0n) is 7.23. The standard InChI is InChI=1S/C10H13OP/c1-3-12(11,4-2)10-8-6-5-7-9-10/h3,5-9H,1,4H2,2H3/t12-/m1/s1. The summed E-state index contributed by atoms with van der Waals surface area (Å²) in [7, 11) is -2.27. The van der Waals surface area contributed by atoms with Gasteiger partial charge in [-0.3, -0.25) is 0 Å².